The number of imide groups is 1. The zero-order valence-corrected chi connectivity index (χ0v) is 16.5. The normalized spacial score (nSPS) is 15.1. The molecule has 148 valence electrons. The average molecular weight is 411 g/mol. The van der Waals surface area contributed by atoms with Gasteiger partial charge in [-0.15, -0.1) is 0 Å². The van der Waals surface area contributed by atoms with Gasteiger partial charge in [-0.25, -0.2) is 0 Å². The molecule has 1 fully saturated rings. The van der Waals surface area contributed by atoms with E-state index in [9.17, 15) is 24.5 Å². The number of carbonyl (C=O) groups is 3. The molecule has 0 aliphatic carbocycles. The predicted octanol–water partition coefficient (Wildman–Crippen LogP) is 3.89. The van der Waals surface area contributed by atoms with Crippen molar-refractivity contribution in [2.24, 2.45) is 0 Å². The van der Waals surface area contributed by atoms with Crippen LogP contribution in [-0.4, -0.2) is 33.4 Å². The number of nitrogens with one attached hydrogen (secondary N) is 1. The SMILES string of the molecule is Cc1ccc(NC(=O)CN2C(=O)S/C(=C\c3cccc([N+](=O)[O-])c3)C2=O)cc1C. The number of non-ortho nitro benzene ring substituents is 1. The number of carbonyl (C=O) groups excluding carboxylic acids is 3. The molecule has 0 bridgehead atoms. The van der Waals surface area contributed by atoms with Gasteiger partial charge >= 0.3 is 0 Å². The molecule has 2 aromatic carbocycles. The number of amides is 3. The van der Waals surface area contributed by atoms with Crippen LogP contribution in [0.3, 0.4) is 0 Å². The van der Waals surface area contributed by atoms with E-state index in [1.165, 1.54) is 24.3 Å². The molecule has 1 saturated heterocycles. The average Bonchev–Trinajstić information content (AvgIpc) is 2.92. The number of thioether (sulfide) groups is 1. The van der Waals surface area contributed by atoms with E-state index in [-0.39, 0.29) is 10.6 Å². The highest BCUT2D eigenvalue weighted by atomic mass is 32.2. The van der Waals surface area contributed by atoms with Gasteiger partial charge in [-0.3, -0.25) is 29.4 Å². The number of nitro groups is 1. The second kappa shape index (κ2) is 8.27. The molecule has 1 heterocycles. The van der Waals surface area contributed by atoms with Crippen molar-refractivity contribution in [1.29, 1.82) is 0 Å². The smallest absolute Gasteiger partial charge is 0.294 e. The molecule has 0 atom stereocenters. The van der Waals surface area contributed by atoms with E-state index in [0.717, 1.165) is 16.0 Å². The Balaban J connectivity index is 1.71. The van der Waals surface area contributed by atoms with Gasteiger partial charge in [0.15, 0.2) is 0 Å². The maximum absolute atomic E-state index is 12.5. The van der Waals surface area contributed by atoms with Gasteiger partial charge < -0.3 is 5.32 Å². The highest BCUT2D eigenvalue weighted by Gasteiger charge is 2.36. The molecule has 0 radical (unpaired) electrons. The Kier molecular flexibility index (Phi) is 5.79. The van der Waals surface area contributed by atoms with Gasteiger partial charge in [0.25, 0.3) is 16.8 Å². The first-order valence-electron chi connectivity index (χ1n) is 8.61. The van der Waals surface area contributed by atoms with Crippen molar-refractivity contribution < 1.29 is 19.3 Å². The van der Waals surface area contributed by atoms with Crippen LogP contribution in [0.25, 0.3) is 6.08 Å². The molecule has 0 spiro atoms. The third-order valence-corrected chi connectivity index (χ3v) is 5.25. The summed E-state index contributed by atoms with van der Waals surface area (Å²) < 4.78 is 0. The number of rotatable bonds is 5. The van der Waals surface area contributed by atoms with Gasteiger partial charge in [0.1, 0.15) is 6.54 Å². The van der Waals surface area contributed by atoms with E-state index >= 15 is 0 Å². The molecule has 1 aliphatic heterocycles. The first-order chi connectivity index (χ1) is 13.7. The molecule has 3 rings (SSSR count). The summed E-state index contributed by atoms with van der Waals surface area (Å²) in [5.41, 5.74) is 2.97. The Morgan fingerprint density at radius 2 is 1.93 bits per heavy atom. The summed E-state index contributed by atoms with van der Waals surface area (Å²) in [6, 6.07) is 11.1. The topological polar surface area (TPSA) is 110 Å². The Morgan fingerprint density at radius 1 is 1.17 bits per heavy atom. The summed E-state index contributed by atoms with van der Waals surface area (Å²) >= 11 is 0.692. The number of hydrogen-bond acceptors (Lipinski definition) is 6. The number of aryl methyl sites for hydroxylation is 2. The van der Waals surface area contributed by atoms with Crippen molar-refractivity contribution >= 4 is 46.3 Å². The zero-order valence-electron chi connectivity index (χ0n) is 15.7. The van der Waals surface area contributed by atoms with Crippen molar-refractivity contribution in [3.8, 4) is 0 Å². The third-order valence-electron chi connectivity index (χ3n) is 4.34. The van der Waals surface area contributed by atoms with Crippen molar-refractivity contribution in [2.45, 2.75) is 13.8 Å². The highest BCUT2D eigenvalue weighted by molar-refractivity contribution is 8.18. The highest BCUT2D eigenvalue weighted by Crippen LogP contribution is 2.32. The van der Waals surface area contributed by atoms with Gasteiger partial charge in [-0.2, -0.15) is 0 Å². The standard InChI is InChI=1S/C20H17N3O5S/c1-12-6-7-15(8-13(12)2)21-18(24)11-22-19(25)17(29-20(22)26)10-14-4-3-5-16(9-14)23(27)28/h3-10H,11H2,1-2H3,(H,21,24)/b17-10-. The molecule has 3 amide bonds. The maximum Gasteiger partial charge on any atom is 0.294 e. The lowest BCUT2D eigenvalue weighted by Gasteiger charge is -2.13. The van der Waals surface area contributed by atoms with E-state index < -0.39 is 28.5 Å². The number of anilines is 1. The van der Waals surface area contributed by atoms with Crippen molar-refractivity contribution in [3.05, 3.63) is 74.2 Å². The number of benzene rings is 2. The van der Waals surface area contributed by atoms with E-state index in [0.29, 0.717) is 23.0 Å². The quantitative estimate of drug-likeness (QED) is 0.454. The lowest BCUT2D eigenvalue weighted by atomic mass is 10.1. The fraction of sp³-hybridized carbons (Fsp3) is 0.150. The van der Waals surface area contributed by atoms with E-state index in [1.807, 2.05) is 26.0 Å². The van der Waals surface area contributed by atoms with Gasteiger partial charge in [0, 0.05) is 17.8 Å². The van der Waals surface area contributed by atoms with Crippen molar-refractivity contribution in [2.75, 3.05) is 11.9 Å². The van der Waals surface area contributed by atoms with Crippen LogP contribution < -0.4 is 5.32 Å². The number of nitro benzene ring substituents is 1. The van der Waals surface area contributed by atoms with E-state index in [4.69, 9.17) is 0 Å². The van der Waals surface area contributed by atoms with E-state index in [2.05, 4.69) is 5.32 Å². The van der Waals surface area contributed by atoms with Crippen molar-refractivity contribution in [1.82, 2.24) is 4.90 Å². The van der Waals surface area contributed by atoms with Crippen LogP contribution in [0.15, 0.2) is 47.4 Å². The lowest BCUT2D eigenvalue weighted by Crippen LogP contribution is -2.36. The summed E-state index contributed by atoms with van der Waals surface area (Å²) in [6.45, 7) is 3.46. The molecule has 2 aromatic rings. The molecule has 1 N–H and O–H groups in total. The summed E-state index contributed by atoms with van der Waals surface area (Å²) in [5.74, 6) is -1.10. The minimum Gasteiger partial charge on any atom is -0.325 e. The van der Waals surface area contributed by atoms with Crippen LogP contribution in [0, 0.1) is 24.0 Å². The monoisotopic (exact) mass is 411 g/mol. The van der Waals surface area contributed by atoms with Crippen LogP contribution in [0.1, 0.15) is 16.7 Å². The maximum atomic E-state index is 12.5. The molecular formula is C20H17N3O5S. The molecule has 0 saturated carbocycles. The van der Waals surface area contributed by atoms with Crippen LogP contribution in [0.5, 0.6) is 0 Å². The molecule has 0 unspecified atom stereocenters. The Labute approximate surface area is 170 Å². The Bertz CT molecular complexity index is 1060. The zero-order chi connectivity index (χ0) is 21.1. The third kappa shape index (κ3) is 4.69. The fourth-order valence-electron chi connectivity index (χ4n) is 2.68. The second-order valence-corrected chi connectivity index (χ2v) is 7.46. The summed E-state index contributed by atoms with van der Waals surface area (Å²) in [5, 5.41) is 13.0. The summed E-state index contributed by atoms with van der Waals surface area (Å²) in [6.07, 6.45) is 1.40. The van der Waals surface area contributed by atoms with Gasteiger partial charge in [-0.05, 0) is 60.5 Å². The largest absolute Gasteiger partial charge is 0.325 e. The first kappa shape index (κ1) is 20.3. The van der Waals surface area contributed by atoms with E-state index in [1.54, 1.807) is 12.1 Å². The molecule has 0 aromatic heterocycles. The van der Waals surface area contributed by atoms with Crippen LogP contribution in [-0.2, 0) is 9.59 Å². The Hall–Kier alpha value is -3.46. The molecule has 9 heteroatoms. The molecule has 1 aliphatic rings. The molecular weight excluding hydrogens is 394 g/mol. The fourth-order valence-corrected chi connectivity index (χ4v) is 3.52. The lowest BCUT2D eigenvalue weighted by molar-refractivity contribution is -0.384. The minimum atomic E-state index is -0.609. The van der Waals surface area contributed by atoms with Crippen LogP contribution in [0.4, 0.5) is 16.2 Å². The predicted molar refractivity (Wildman–Crippen MR) is 110 cm³/mol. The second-order valence-electron chi connectivity index (χ2n) is 6.47. The summed E-state index contributed by atoms with van der Waals surface area (Å²) in [7, 11) is 0. The molecule has 8 nitrogen and oxygen atoms in total. The van der Waals surface area contributed by atoms with Crippen LogP contribution >= 0.6 is 11.8 Å². The first-order valence-corrected chi connectivity index (χ1v) is 9.43. The van der Waals surface area contributed by atoms with Gasteiger partial charge in [-0.1, -0.05) is 18.2 Å². The van der Waals surface area contributed by atoms with Gasteiger partial charge in [0.05, 0.1) is 9.83 Å². The summed E-state index contributed by atoms with van der Waals surface area (Å²) in [4.78, 5) is 48.3. The number of nitrogens with zero attached hydrogens (tertiary/aromatic N) is 2. The van der Waals surface area contributed by atoms with Crippen molar-refractivity contribution in [3.63, 3.8) is 0 Å². The minimum absolute atomic E-state index is 0.106. The van der Waals surface area contributed by atoms with Gasteiger partial charge in [0.2, 0.25) is 5.91 Å². The Morgan fingerprint density at radius 3 is 2.62 bits per heavy atom. The van der Waals surface area contributed by atoms with Crippen LogP contribution in [0.2, 0.25) is 0 Å². The number of hydrogen-bond donors (Lipinski definition) is 1. The molecule has 29 heavy (non-hydrogen) atoms.